The van der Waals surface area contributed by atoms with E-state index in [-0.39, 0.29) is 29.6 Å². The van der Waals surface area contributed by atoms with Crippen LogP contribution in [0, 0.1) is 23.7 Å². The minimum atomic E-state index is -0.101. The molecule has 0 bridgehead atoms. The van der Waals surface area contributed by atoms with E-state index in [4.69, 9.17) is 0 Å². The highest BCUT2D eigenvalue weighted by molar-refractivity contribution is 6.03. The molecule has 2 amide bonds. The third kappa shape index (κ3) is 3.53. The number of carbonyl (C=O) groups excluding carboxylic acids is 3. The highest BCUT2D eigenvalue weighted by Gasteiger charge is 2.39. The number of hydrogen-bond donors (Lipinski definition) is 0. The zero-order chi connectivity index (χ0) is 15.6. The van der Waals surface area contributed by atoms with Gasteiger partial charge < -0.3 is 0 Å². The van der Waals surface area contributed by atoms with Crippen LogP contribution in [0.15, 0.2) is 0 Å². The molecule has 0 spiro atoms. The fraction of sp³-hybridized carbons (Fsp3) is 0.824. The summed E-state index contributed by atoms with van der Waals surface area (Å²) in [5.41, 5.74) is 0. The number of rotatable bonds is 5. The summed E-state index contributed by atoms with van der Waals surface area (Å²) < 4.78 is 0. The van der Waals surface area contributed by atoms with Crippen LogP contribution < -0.4 is 0 Å². The third-order valence-corrected chi connectivity index (χ3v) is 5.09. The van der Waals surface area contributed by atoms with Crippen LogP contribution in [-0.4, -0.2) is 29.0 Å². The Bertz CT molecular complexity index is 422. The molecule has 1 heterocycles. The fourth-order valence-corrected chi connectivity index (χ4v) is 3.62. The summed E-state index contributed by atoms with van der Waals surface area (Å²) in [6, 6.07) is 0. The molecule has 21 heavy (non-hydrogen) atoms. The SMILES string of the molecule is CCC1CC(=O)N(C[C@H]2CC[C@H](C(=O)C(C)C)CC2)C1=O. The number of nitrogens with zero attached hydrogens (tertiary/aromatic N) is 1. The van der Waals surface area contributed by atoms with E-state index in [0.29, 0.717) is 24.7 Å². The summed E-state index contributed by atoms with van der Waals surface area (Å²) in [6.45, 7) is 6.45. The second-order valence-electron chi connectivity index (χ2n) is 6.93. The minimum Gasteiger partial charge on any atom is -0.299 e. The molecule has 2 fully saturated rings. The van der Waals surface area contributed by atoms with Crippen molar-refractivity contribution in [2.24, 2.45) is 23.7 Å². The van der Waals surface area contributed by atoms with E-state index in [2.05, 4.69) is 0 Å². The quantitative estimate of drug-likeness (QED) is 0.732. The Balaban J connectivity index is 1.85. The van der Waals surface area contributed by atoms with Crippen LogP contribution in [0.5, 0.6) is 0 Å². The number of ketones is 1. The van der Waals surface area contributed by atoms with Crippen molar-refractivity contribution in [3.05, 3.63) is 0 Å². The van der Waals surface area contributed by atoms with Crippen molar-refractivity contribution in [1.82, 2.24) is 4.90 Å². The van der Waals surface area contributed by atoms with E-state index < -0.39 is 0 Å². The van der Waals surface area contributed by atoms with E-state index >= 15 is 0 Å². The average Bonchev–Trinajstić information content (AvgIpc) is 2.74. The van der Waals surface area contributed by atoms with Gasteiger partial charge in [0, 0.05) is 30.7 Å². The van der Waals surface area contributed by atoms with Gasteiger partial charge >= 0.3 is 0 Å². The average molecular weight is 293 g/mol. The smallest absolute Gasteiger partial charge is 0.232 e. The molecule has 1 aliphatic carbocycles. The van der Waals surface area contributed by atoms with Crippen LogP contribution in [-0.2, 0) is 14.4 Å². The van der Waals surface area contributed by atoms with Crippen LogP contribution in [0.2, 0.25) is 0 Å². The summed E-state index contributed by atoms with van der Waals surface area (Å²) in [4.78, 5) is 37.6. The van der Waals surface area contributed by atoms with E-state index in [1.54, 1.807) is 0 Å². The van der Waals surface area contributed by atoms with Gasteiger partial charge in [-0.3, -0.25) is 19.3 Å². The van der Waals surface area contributed by atoms with Crippen LogP contribution in [0.1, 0.15) is 59.3 Å². The van der Waals surface area contributed by atoms with Crippen LogP contribution >= 0.6 is 0 Å². The molecule has 2 rings (SSSR count). The molecular weight excluding hydrogens is 266 g/mol. The van der Waals surface area contributed by atoms with Crippen molar-refractivity contribution in [1.29, 1.82) is 0 Å². The molecule has 4 nitrogen and oxygen atoms in total. The van der Waals surface area contributed by atoms with Crippen molar-refractivity contribution in [3.63, 3.8) is 0 Å². The molecule has 0 N–H and O–H groups in total. The van der Waals surface area contributed by atoms with Crippen LogP contribution in [0.3, 0.4) is 0 Å². The summed E-state index contributed by atoms with van der Waals surface area (Å²) in [6.07, 6.45) is 4.87. The first-order chi connectivity index (χ1) is 9.93. The predicted molar refractivity (Wildman–Crippen MR) is 80.4 cm³/mol. The number of amides is 2. The Kier molecular flexibility index (Phi) is 5.17. The monoisotopic (exact) mass is 293 g/mol. The van der Waals surface area contributed by atoms with Gasteiger partial charge in [0.25, 0.3) is 0 Å². The Morgan fingerprint density at radius 2 is 1.81 bits per heavy atom. The lowest BCUT2D eigenvalue weighted by Crippen LogP contribution is -2.37. The molecule has 1 saturated heterocycles. The normalized spacial score (nSPS) is 30.3. The Morgan fingerprint density at radius 1 is 1.19 bits per heavy atom. The topological polar surface area (TPSA) is 54.5 Å². The second-order valence-corrected chi connectivity index (χ2v) is 6.93. The van der Waals surface area contributed by atoms with E-state index in [0.717, 1.165) is 32.1 Å². The molecule has 118 valence electrons. The number of hydrogen-bond acceptors (Lipinski definition) is 3. The maximum absolute atomic E-state index is 12.1. The lowest BCUT2D eigenvalue weighted by atomic mass is 9.77. The molecule has 0 aromatic heterocycles. The van der Waals surface area contributed by atoms with Gasteiger partial charge in [0.15, 0.2) is 0 Å². The van der Waals surface area contributed by atoms with Crippen molar-refractivity contribution in [2.45, 2.75) is 59.3 Å². The molecule has 0 radical (unpaired) electrons. The van der Waals surface area contributed by atoms with Crippen LogP contribution in [0.4, 0.5) is 0 Å². The Hall–Kier alpha value is -1.19. The number of imide groups is 1. The minimum absolute atomic E-state index is 0.00719. The van der Waals surface area contributed by atoms with Gasteiger partial charge in [0.2, 0.25) is 11.8 Å². The van der Waals surface area contributed by atoms with Gasteiger partial charge in [0.1, 0.15) is 5.78 Å². The third-order valence-electron chi connectivity index (χ3n) is 5.09. The molecule has 2 aliphatic rings. The second kappa shape index (κ2) is 6.71. The standard InChI is InChI=1S/C17H27NO3/c1-4-13-9-15(19)18(17(13)21)10-12-5-7-14(8-6-12)16(20)11(2)3/h11-14H,4-10H2,1-3H3/t12-,13?,14-. The van der Waals surface area contributed by atoms with Crippen molar-refractivity contribution in [3.8, 4) is 0 Å². The molecule has 0 aromatic carbocycles. The van der Waals surface area contributed by atoms with Gasteiger partial charge in [-0.15, -0.1) is 0 Å². The summed E-state index contributed by atoms with van der Waals surface area (Å²) >= 11 is 0. The van der Waals surface area contributed by atoms with Gasteiger partial charge in [-0.2, -0.15) is 0 Å². The van der Waals surface area contributed by atoms with E-state index in [9.17, 15) is 14.4 Å². The first-order valence-corrected chi connectivity index (χ1v) is 8.31. The maximum atomic E-state index is 12.1. The maximum Gasteiger partial charge on any atom is 0.232 e. The fourth-order valence-electron chi connectivity index (χ4n) is 3.62. The largest absolute Gasteiger partial charge is 0.299 e. The Morgan fingerprint density at radius 3 is 2.29 bits per heavy atom. The molecule has 1 atom stereocenters. The van der Waals surface area contributed by atoms with Crippen LogP contribution in [0.25, 0.3) is 0 Å². The molecule has 4 heteroatoms. The molecular formula is C17H27NO3. The van der Waals surface area contributed by atoms with Gasteiger partial charge in [-0.05, 0) is 38.0 Å². The molecule has 1 unspecified atom stereocenters. The van der Waals surface area contributed by atoms with Gasteiger partial charge in [-0.25, -0.2) is 0 Å². The highest BCUT2D eigenvalue weighted by Crippen LogP contribution is 2.33. The van der Waals surface area contributed by atoms with Crippen molar-refractivity contribution >= 4 is 17.6 Å². The Labute approximate surface area is 127 Å². The van der Waals surface area contributed by atoms with Gasteiger partial charge in [0.05, 0.1) is 0 Å². The van der Waals surface area contributed by atoms with E-state index in [1.807, 2.05) is 20.8 Å². The number of likely N-dealkylation sites (tertiary alicyclic amines) is 1. The van der Waals surface area contributed by atoms with E-state index in [1.165, 1.54) is 4.90 Å². The number of Topliss-reactive ketones (excluding diaryl/α,β-unsaturated/α-hetero) is 1. The molecule has 0 aromatic rings. The summed E-state index contributed by atoms with van der Waals surface area (Å²) in [7, 11) is 0. The predicted octanol–water partition coefficient (Wildman–Crippen LogP) is 2.80. The summed E-state index contributed by atoms with van der Waals surface area (Å²) in [5, 5.41) is 0. The first kappa shape index (κ1) is 16.2. The van der Waals surface area contributed by atoms with Crippen molar-refractivity contribution < 1.29 is 14.4 Å². The molecule has 1 aliphatic heterocycles. The highest BCUT2D eigenvalue weighted by atomic mass is 16.2. The first-order valence-electron chi connectivity index (χ1n) is 8.31. The zero-order valence-electron chi connectivity index (χ0n) is 13.4. The lowest BCUT2D eigenvalue weighted by molar-refractivity contribution is -0.140. The summed E-state index contributed by atoms with van der Waals surface area (Å²) in [5.74, 6) is 0.956. The number of carbonyl (C=O) groups is 3. The lowest BCUT2D eigenvalue weighted by Gasteiger charge is -2.30. The van der Waals surface area contributed by atoms with Crippen molar-refractivity contribution in [2.75, 3.05) is 6.54 Å². The zero-order valence-corrected chi connectivity index (χ0v) is 13.4. The molecule has 1 saturated carbocycles. The van der Waals surface area contributed by atoms with Gasteiger partial charge in [-0.1, -0.05) is 20.8 Å².